The van der Waals surface area contributed by atoms with Gasteiger partial charge < -0.3 is 13.9 Å². The van der Waals surface area contributed by atoms with Crippen LogP contribution in [0.2, 0.25) is 0 Å². The first-order valence-electron chi connectivity index (χ1n) is 13.0. The Bertz CT molecular complexity index is 1550. The normalized spacial score (nSPS) is 13.1. The van der Waals surface area contributed by atoms with Crippen molar-refractivity contribution in [2.45, 2.75) is 45.4 Å². The van der Waals surface area contributed by atoms with Crippen molar-refractivity contribution in [1.29, 1.82) is 0 Å². The number of hydrogen-bond acceptors (Lipinski definition) is 7. The summed E-state index contributed by atoms with van der Waals surface area (Å²) in [5, 5.41) is 0. The van der Waals surface area contributed by atoms with Crippen LogP contribution in [-0.4, -0.2) is 36.2 Å². The Morgan fingerprint density at radius 2 is 1.80 bits per heavy atom. The molecule has 0 aliphatic carbocycles. The van der Waals surface area contributed by atoms with Crippen molar-refractivity contribution < 1.29 is 22.5 Å². The number of ketones is 1. The molecule has 1 heterocycles. The van der Waals surface area contributed by atoms with Gasteiger partial charge in [-0.25, -0.2) is 8.42 Å². The number of aryl methyl sites for hydroxylation is 1. The van der Waals surface area contributed by atoms with Gasteiger partial charge in [0.1, 0.15) is 10.7 Å². The molecule has 214 valence electrons. The fourth-order valence-electron chi connectivity index (χ4n) is 4.26. The number of nitrogens with zero attached hydrogens (tertiary/aromatic N) is 1. The van der Waals surface area contributed by atoms with Crippen LogP contribution in [-0.2, 0) is 34.0 Å². The Morgan fingerprint density at radius 1 is 1.12 bits per heavy atom. The molecule has 0 saturated carbocycles. The van der Waals surface area contributed by atoms with Gasteiger partial charge in [0.05, 0.1) is 30.3 Å². The second kappa shape index (κ2) is 13.5. The molecular formula is C30H36N2O6S2. The molecule has 2 atom stereocenters. The summed E-state index contributed by atoms with van der Waals surface area (Å²) in [6.07, 6.45) is 3.00. The predicted molar refractivity (Wildman–Crippen MR) is 160 cm³/mol. The SMILES string of the molecule is C=C(CCC)[S+]([O-])N[C@@H](C)c1cc(=O)n(C)cc1-c1cc(CS(=O)(=O)CC)ccc1C(=O)c1ccc(OC)cc1. The van der Waals surface area contributed by atoms with E-state index in [-0.39, 0.29) is 22.8 Å². The molecule has 0 aliphatic rings. The van der Waals surface area contributed by atoms with Crippen molar-refractivity contribution >= 4 is 27.0 Å². The minimum atomic E-state index is -3.35. The third kappa shape index (κ3) is 7.51. The van der Waals surface area contributed by atoms with E-state index in [1.54, 1.807) is 76.7 Å². The van der Waals surface area contributed by atoms with Crippen molar-refractivity contribution in [3.05, 3.63) is 98.8 Å². The molecule has 1 unspecified atom stereocenters. The van der Waals surface area contributed by atoms with Crippen LogP contribution in [0.1, 0.15) is 66.7 Å². The molecule has 40 heavy (non-hydrogen) atoms. The van der Waals surface area contributed by atoms with Gasteiger partial charge in [0.2, 0.25) is 0 Å². The number of methoxy groups -OCH3 is 1. The van der Waals surface area contributed by atoms with E-state index in [0.29, 0.717) is 50.5 Å². The van der Waals surface area contributed by atoms with Crippen LogP contribution < -0.4 is 15.0 Å². The third-order valence-electron chi connectivity index (χ3n) is 6.60. The van der Waals surface area contributed by atoms with E-state index in [9.17, 15) is 22.6 Å². The minimum absolute atomic E-state index is 0.0195. The van der Waals surface area contributed by atoms with Gasteiger partial charge in [-0.05, 0) is 66.9 Å². The number of sulfone groups is 1. The Balaban J connectivity index is 2.22. The van der Waals surface area contributed by atoms with Gasteiger partial charge >= 0.3 is 0 Å². The average Bonchev–Trinajstić information content (AvgIpc) is 2.93. The standard InChI is InChI=1S/C30H36N2O6S2/c1-7-9-20(3)39(35)31-21(4)26-17-29(33)32(5)18-28(26)27-16-22(19-40(36,37)8-2)10-15-25(27)30(34)23-11-13-24(38-6)14-12-23/h10-18,21,31H,3,7-9,19H2,1-2,4-6H3/t21-,39?/m0/s1. The van der Waals surface area contributed by atoms with Crippen molar-refractivity contribution in [1.82, 2.24) is 9.29 Å². The van der Waals surface area contributed by atoms with Crippen LogP contribution in [0.3, 0.4) is 0 Å². The van der Waals surface area contributed by atoms with E-state index >= 15 is 0 Å². The van der Waals surface area contributed by atoms with Crippen molar-refractivity contribution in [2.24, 2.45) is 7.05 Å². The van der Waals surface area contributed by atoms with Gasteiger partial charge in [-0.3, -0.25) is 9.59 Å². The lowest BCUT2D eigenvalue weighted by Gasteiger charge is -2.22. The van der Waals surface area contributed by atoms with Crippen LogP contribution in [0.25, 0.3) is 11.1 Å². The van der Waals surface area contributed by atoms with E-state index in [2.05, 4.69) is 11.3 Å². The molecule has 0 saturated heterocycles. The second-order valence-electron chi connectivity index (χ2n) is 9.60. The zero-order valence-corrected chi connectivity index (χ0v) is 25.2. The van der Waals surface area contributed by atoms with E-state index < -0.39 is 27.2 Å². The van der Waals surface area contributed by atoms with Crippen LogP contribution in [0.4, 0.5) is 0 Å². The average molecular weight is 585 g/mol. The molecule has 0 fully saturated rings. The van der Waals surface area contributed by atoms with Gasteiger partial charge in [0.25, 0.3) is 5.56 Å². The molecule has 0 bridgehead atoms. The first-order chi connectivity index (χ1) is 18.9. The predicted octanol–water partition coefficient (Wildman–Crippen LogP) is 4.85. The Kier molecular flexibility index (Phi) is 10.5. The van der Waals surface area contributed by atoms with Crippen molar-refractivity contribution in [2.75, 3.05) is 12.9 Å². The van der Waals surface area contributed by atoms with E-state index in [1.165, 1.54) is 10.6 Å². The zero-order chi connectivity index (χ0) is 29.6. The number of nitrogens with one attached hydrogen (secondary N) is 1. The summed E-state index contributed by atoms with van der Waals surface area (Å²) in [4.78, 5) is 27.0. The number of rotatable bonds is 13. The monoisotopic (exact) mass is 584 g/mol. The van der Waals surface area contributed by atoms with Crippen molar-refractivity contribution in [3.8, 4) is 16.9 Å². The van der Waals surface area contributed by atoms with Crippen LogP contribution in [0.5, 0.6) is 5.75 Å². The summed E-state index contributed by atoms with van der Waals surface area (Å²) < 4.78 is 47.4. The number of hydrogen-bond donors (Lipinski definition) is 1. The number of carbonyl (C=O) groups is 1. The van der Waals surface area contributed by atoms with Crippen molar-refractivity contribution in [3.63, 3.8) is 0 Å². The lowest BCUT2D eigenvalue weighted by atomic mass is 9.89. The Labute approximate surface area is 239 Å². The van der Waals surface area contributed by atoms with E-state index in [4.69, 9.17) is 4.74 Å². The number of benzene rings is 2. The number of aromatic nitrogens is 1. The molecule has 1 N–H and O–H groups in total. The Morgan fingerprint density at radius 3 is 2.40 bits per heavy atom. The number of ether oxygens (including phenoxy) is 1. The molecule has 3 aromatic rings. The smallest absolute Gasteiger partial charge is 0.250 e. The molecule has 3 rings (SSSR count). The molecule has 0 amide bonds. The summed E-state index contributed by atoms with van der Waals surface area (Å²) in [6, 6.07) is 12.6. The molecule has 0 radical (unpaired) electrons. The quantitative estimate of drug-likeness (QED) is 0.225. The van der Waals surface area contributed by atoms with Crippen LogP contribution in [0.15, 0.2) is 71.0 Å². The van der Waals surface area contributed by atoms with E-state index in [1.807, 2.05) is 6.92 Å². The molecule has 0 spiro atoms. The highest BCUT2D eigenvalue weighted by atomic mass is 32.2. The number of carbonyl (C=O) groups excluding carboxylic acids is 1. The lowest BCUT2D eigenvalue weighted by Crippen LogP contribution is -2.29. The topological polar surface area (TPSA) is 118 Å². The summed E-state index contributed by atoms with van der Waals surface area (Å²) in [5.41, 5.74) is 2.55. The molecule has 10 heteroatoms. The maximum absolute atomic E-state index is 13.8. The fraction of sp³-hybridized carbons (Fsp3) is 0.333. The molecule has 8 nitrogen and oxygen atoms in total. The second-order valence-corrected chi connectivity index (χ2v) is 13.3. The molecule has 1 aromatic heterocycles. The molecule has 0 aliphatic heterocycles. The highest BCUT2D eigenvalue weighted by Crippen LogP contribution is 2.33. The van der Waals surface area contributed by atoms with Crippen LogP contribution >= 0.6 is 0 Å². The third-order valence-corrected chi connectivity index (χ3v) is 9.55. The first-order valence-corrected chi connectivity index (χ1v) is 16.0. The summed E-state index contributed by atoms with van der Waals surface area (Å²) in [5.74, 6) is 0.120. The van der Waals surface area contributed by atoms with Gasteiger partial charge in [0, 0.05) is 48.2 Å². The highest BCUT2D eigenvalue weighted by Gasteiger charge is 2.25. The largest absolute Gasteiger partial charge is 0.593 e. The highest BCUT2D eigenvalue weighted by molar-refractivity contribution is 7.93. The molecular weight excluding hydrogens is 548 g/mol. The maximum Gasteiger partial charge on any atom is 0.250 e. The van der Waals surface area contributed by atoms with Gasteiger partial charge in [-0.2, -0.15) is 0 Å². The number of pyridine rings is 1. The summed E-state index contributed by atoms with van der Waals surface area (Å²) >= 11 is -1.55. The zero-order valence-electron chi connectivity index (χ0n) is 23.5. The Hall–Kier alpha value is -3.18. The van der Waals surface area contributed by atoms with E-state index in [0.717, 1.165) is 6.42 Å². The van der Waals surface area contributed by atoms with Gasteiger partial charge in [-0.1, -0.05) is 26.0 Å². The van der Waals surface area contributed by atoms with Gasteiger partial charge in [-0.15, -0.1) is 4.72 Å². The summed E-state index contributed by atoms with van der Waals surface area (Å²) in [6.45, 7) is 9.24. The lowest BCUT2D eigenvalue weighted by molar-refractivity contribution is 0.103. The van der Waals surface area contributed by atoms with Crippen LogP contribution in [0, 0.1) is 0 Å². The molecule has 2 aromatic carbocycles. The van der Waals surface area contributed by atoms with Gasteiger partial charge in [0.15, 0.2) is 15.6 Å². The number of allylic oxidation sites excluding steroid dienone is 1. The summed E-state index contributed by atoms with van der Waals surface area (Å²) in [7, 11) is -0.210. The fourth-order valence-corrected chi connectivity index (χ4v) is 6.16. The first kappa shape index (κ1) is 31.3. The maximum atomic E-state index is 13.8. The minimum Gasteiger partial charge on any atom is -0.593 e.